The molecule has 0 bridgehead atoms. The summed E-state index contributed by atoms with van der Waals surface area (Å²) in [5, 5.41) is 2.96. The van der Waals surface area contributed by atoms with E-state index < -0.39 is 40.1 Å². The van der Waals surface area contributed by atoms with Crippen molar-refractivity contribution < 1.29 is 22.4 Å². The molecule has 0 aliphatic heterocycles. The summed E-state index contributed by atoms with van der Waals surface area (Å²) in [6.07, 6.45) is 0.390. The summed E-state index contributed by atoms with van der Waals surface area (Å²) in [5.41, 5.74) is 2.61. The maximum Gasteiger partial charge on any atom is 0.268 e. The molecule has 1 unspecified atom stereocenters. The minimum absolute atomic E-state index is 0.183. The number of nitrogens with zero attached hydrogens (tertiary/aromatic N) is 1. The molecule has 6 rings (SSSR count). The third-order valence-electron chi connectivity index (χ3n) is 8.47. The van der Waals surface area contributed by atoms with Crippen LogP contribution in [0.15, 0.2) is 138 Å². The van der Waals surface area contributed by atoms with Gasteiger partial charge in [-0.3, -0.25) is 0 Å². The van der Waals surface area contributed by atoms with E-state index in [2.05, 4.69) is 29.0 Å². The summed E-state index contributed by atoms with van der Waals surface area (Å²) in [6, 6.07) is 41.4. The summed E-state index contributed by atoms with van der Waals surface area (Å²) in [5.74, 6) is 1.12. The first-order valence-corrected chi connectivity index (χ1v) is 20.4. The zero-order valence-corrected chi connectivity index (χ0v) is 31.3. The fraction of sp³-hybridized carbons (Fsp3) is 0.200. The zero-order chi connectivity index (χ0) is 35.5. The second-order valence-electron chi connectivity index (χ2n) is 12.8. The molecular weight excluding hydrogens is 684 g/mol. The van der Waals surface area contributed by atoms with Gasteiger partial charge in [-0.15, -0.1) is 4.72 Å². The van der Waals surface area contributed by atoms with Gasteiger partial charge in [0, 0.05) is 40.2 Å². The Hall–Kier alpha value is -4.11. The smallest absolute Gasteiger partial charge is 0.268 e. The van der Waals surface area contributed by atoms with Gasteiger partial charge in [0.2, 0.25) is 0 Å². The molecule has 0 aliphatic rings. The van der Waals surface area contributed by atoms with Crippen LogP contribution >= 0.6 is 7.92 Å². The first kappa shape index (κ1) is 35.7. The first-order chi connectivity index (χ1) is 24.0. The molecule has 6 aromatic rings. The van der Waals surface area contributed by atoms with Crippen molar-refractivity contribution in [2.24, 2.45) is 0 Å². The van der Waals surface area contributed by atoms with E-state index in [-0.39, 0.29) is 4.90 Å². The largest absolute Gasteiger partial charge is 0.598 e. The molecule has 0 radical (unpaired) electrons. The fourth-order valence-corrected chi connectivity index (χ4v) is 10.8. The molecule has 1 heterocycles. The van der Waals surface area contributed by atoms with Crippen LogP contribution in [0.4, 0.5) is 0 Å². The second-order valence-corrected chi connectivity index (χ2v) is 18.8. The molecule has 0 aliphatic carbocycles. The Kier molecular flexibility index (Phi) is 10.7. The van der Waals surface area contributed by atoms with Crippen LogP contribution in [-0.2, 0) is 27.5 Å². The van der Waals surface area contributed by atoms with E-state index in [4.69, 9.17) is 9.47 Å². The normalized spacial score (nSPS) is 13.3. The maximum atomic E-state index is 14.9. The summed E-state index contributed by atoms with van der Waals surface area (Å²) >= 11 is -1.55. The number of para-hydroxylation sites is 1. The average Bonchev–Trinajstić information content (AvgIpc) is 3.47. The van der Waals surface area contributed by atoms with E-state index in [1.807, 2.05) is 93.6 Å². The van der Waals surface area contributed by atoms with Gasteiger partial charge in [0.1, 0.15) is 22.3 Å². The standard InChI is InChI=1S/C40H41N2O5PS2/c1-40(2,3)49(43)41-39(29-25-30(46-4)27-31(26-29)47-5)38-35-23-15-16-24-36(35)42(50(44,45)34-21-13-8-14-22-34)37(38)28-48(32-17-9-6-10-18-32)33-19-11-7-12-20-33/h6-27,39,41H,28H2,1-5H3/t39-,49?/m0/s1. The van der Waals surface area contributed by atoms with Gasteiger partial charge < -0.3 is 14.0 Å². The molecule has 0 saturated heterocycles. The lowest BCUT2D eigenvalue weighted by atomic mass is 9.96. The second kappa shape index (κ2) is 15.0. The van der Waals surface area contributed by atoms with Crippen LogP contribution in [0.3, 0.4) is 0 Å². The Morgan fingerprint density at radius 3 is 1.78 bits per heavy atom. The summed E-state index contributed by atoms with van der Waals surface area (Å²) in [7, 11) is -2.04. The number of fused-ring (bicyclic) bond motifs is 1. The Balaban J connectivity index is 1.72. The molecule has 10 heteroatoms. The van der Waals surface area contributed by atoms with Crippen molar-refractivity contribution in [3.63, 3.8) is 0 Å². The van der Waals surface area contributed by atoms with Gasteiger partial charge in [-0.1, -0.05) is 97.1 Å². The van der Waals surface area contributed by atoms with E-state index in [0.717, 1.165) is 27.1 Å². The molecule has 7 nitrogen and oxygen atoms in total. The molecule has 0 amide bonds. The van der Waals surface area contributed by atoms with E-state index in [1.165, 1.54) is 3.97 Å². The molecule has 1 aromatic heterocycles. The molecular formula is C40H41N2O5PS2. The van der Waals surface area contributed by atoms with E-state index >= 15 is 0 Å². The monoisotopic (exact) mass is 724 g/mol. The van der Waals surface area contributed by atoms with Crippen molar-refractivity contribution in [1.82, 2.24) is 8.69 Å². The van der Waals surface area contributed by atoms with Crippen molar-refractivity contribution >= 4 is 50.8 Å². The lowest BCUT2D eigenvalue weighted by molar-refractivity contribution is 0.392. The van der Waals surface area contributed by atoms with Gasteiger partial charge in [-0.05, 0) is 75.2 Å². The van der Waals surface area contributed by atoms with E-state index in [9.17, 15) is 13.0 Å². The van der Waals surface area contributed by atoms with Crippen LogP contribution in [0.25, 0.3) is 10.9 Å². The molecule has 258 valence electrons. The summed E-state index contributed by atoms with van der Waals surface area (Å²) in [4.78, 5) is 0.183. The fourth-order valence-electron chi connectivity index (χ4n) is 6.00. The number of hydrogen-bond acceptors (Lipinski definition) is 6. The van der Waals surface area contributed by atoms with Crippen LogP contribution in [0, 0.1) is 0 Å². The van der Waals surface area contributed by atoms with Gasteiger partial charge in [-0.25, -0.2) is 12.4 Å². The number of aromatic nitrogens is 1. The Bertz CT molecular complexity index is 2110. The van der Waals surface area contributed by atoms with Crippen LogP contribution in [0.1, 0.15) is 43.6 Å². The summed E-state index contributed by atoms with van der Waals surface area (Å²) < 4.78 is 59.6. The van der Waals surface area contributed by atoms with Gasteiger partial charge in [0.15, 0.2) is 0 Å². The Morgan fingerprint density at radius 2 is 1.26 bits per heavy atom. The molecule has 2 atom stereocenters. The van der Waals surface area contributed by atoms with Crippen molar-refractivity contribution in [2.45, 2.75) is 42.6 Å². The first-order valence-electron chi connectivity index (χ1n) is 16.2. The number of hydrogen-bond donors (Lipinski definition) is 1. The molecule has 5 aromatic carbocycles. The van der Waals surface area contributed by atoms with Gasteiger partial charge >= 0.3 is 0 Å². The molecule has 50 heavy (non-hydrogen) atoms. The third-order valence-corrected chi connectivity index (χ3v) is 14.3. The maximum absolute atomic E-state index is 14.9. The number of ether oxygens (including phenoxy) is 2. The van der Waals surface area contributed by atoms with Crippen molar-refractivity contribution in [1.29, 1.82) is 0 Å². The lowest BCUT2D eigenvalue weighted by Crippen LogP contribution is -2.41. The van der Waals surface area contributed by atoms with Crippen LogP contribution in [-0.4, -0.2) is 35.9 Å². The molecule has 0 fully saturated rings. The minimum atomic E-state index is -4.11. The Labute approximate surface area is 299 Å². The molecule has 0 saturated carbocycles. The van der Waals surface area contributed by atoms with E-state index in [0.29, 0.717) is 28.9 Å². The third kappa shape index (κ3) is 7.34. The highest BCUT2D eigenvalue weighted by molar-refractivity contribution is 7.91. The topological polar surface area (TPSA) is 92.6 Å². The van der Waals surface area contributed by atoms with Crippen molar-refractivity contribution in [3.8, 4) is 11.5 Å². The van der Waals surface area contributed by atoms with Gasteiger partial charge in [0.25, 0.3) is 10.0 Å². The number of rotatable bonds is 12. The number of benzene rings is 5. The van der Waals surface area contributed by atoms with Crippen LogP contribution in [0.5, 0.6) is 11.5 Å². The minimum Gasteiger partial charge on any atom is -0.598 e. The molecule has 1 N–H and O–H groups in total. The van der Waals surface area contributed by atoms with E-state index in [1.54, 1.807) is 50.6 Å². The Morgan fingerprint density at radius 1 is 0.760 bits per heavy atom. The predicted octanol–water partition coefficient (Wildman–Crippen LogP) is 7.67. The summed E-state index contributed by atoms with van der Waals surface area (Å²) in [6.45, 7) is 5.73. The SMILES string of the molecule is COc1cc(OC)cc([C@H](N[S+]([O-])C(C)(C)C)c2c(CP(c3ccccc3)c3ccccc3)n(S(=O)(=O)c3ccccc3)c3ccccc23)c1. The van der Waals surface area contributed by atoms with Crippen molar-refractivity contribution in [2.75, 3.05) is 14.2 Å². The highest BCUT2D eigenvalue weighted by Gasteiger charge is 2.37. The number of methoxy groups -OCH3 is 2. The van der Waals surface area contributed by atoms with Gasteiger partial charge in [0.05, 0.1) is 24.6 Å². The highest BCUT2D eigenvalue weighted by Crippen LogP contribution is 2.46. The van der Waals surface area contributed by atoms with Crippen LogP contribution in [0.2, 0.25) is 0 Å². The average molecular weight is 725 g/mol. The van der Waals surface area contributed by atoms with Gasteiger partial charge in [-0.2, -0.15) is 0 Å². The number of nitrogens with one attached hydrogen (secondary N) is 1. The van der Waals surface area contributed by atoms with Crippen molar-refractivity contribution in [3.05, 3.63) is 150 Å². The molecule has 0 spiro atoms. The van der Waals surface area contributed by atoms with Crippen LogP contribution < -0.4 is 24.8 Å². The predicted molar refractivity (Wildman–Crippen MR) is 206 cm³/mol. The highest BCUT2D eigenvalue weighted by atomic mass is 32.2. The lowest BCUT2D eigenvalue weighted by Gasteiger charge is -2.30. The zero-order valence-electron chi connectivity index (χ0n) is 28.7. The quantitative estimate of drug-likeness (QED) is 0.103.